The van der Waals surface area contributed by atoms with Gasteiger partial charge in [0.1, 0.15) is 5.82 Å². The Labute approximate surface area is 127 Å². The zero-order chi connectivity index (χ0) is 14.2. The van der Waals surface area contributed by atoms with Gasteiger partial charge in [0.25, 0.3) is 0 Å². The number of hydrogen-bond donors (Lipinski definition) is 1. The zero-order valence-corrected chi connectivity index (χ0v) is 12.9. The molecule has 2 N–H and O–H groups in total. The van der Waals surface area contributed by atoms with E-state index in [0.717, 1.165) is 25.4 Å². The minimum Gasteiger partial charge on any atom is -0.354 e. The van der Waals surface area contributed by atoms with E-state index in [9.17, 15) is 0 Å². The van der Waals surface area contributed by atoms with E-state index in [4.69, 9.17) is 10.7 Å². The molecule has 0 spiro atoms. The van der Waals surface area contributed by atoms with Gasteiger partial charge in [-0.1, -0.05) is 0 Å². The van der Waals surface area contributed by atoms with Crippen LogP contribution >= 0.6 is 0 Å². The van der Waals surface area contributed by atoms with Crippen LogP contribution < -0.4 is 10.6 Å². The van der Waals surface area contributed by atoms with Crippen LogP contribution in [0, 0.1) is 5.92 Å². The fourth-order valence-electron chi connectivity index (χ4n) is 3.74. The summed E-state index contributed by atoms with van der Waals surface area (Å²) in [5.74, 6) is 2.17. The second-order valence-corrected chi connectivity index (χ2v) is 6.87. The van der Waals surface area contributed by atoms with Crippen LogP contribution in [-0.2, 0) is 19.4 Å². The first-order chi connectivity index (χ1) is 10.3. The highest BCUT2D eigenvalue weighted by molar-refractivity contribution is 5.51. The number of hydrogen-bond acceptors (Lipinski definition) is 4. The number of aromatic nitrogens is 1. The molecule has 4 heteroatoms. The molecule has 2 fully saturated rings. The van der Waals surface area contributed by atoms with E-state index in [-0.39, 0.29) is 0 Å². The molecule has 4 rings (SSSR count). The van der Waals surface area contributed by atoms with Crippen LogP contribution in [0.2, 0.25) is 0 Å². The van der Waals surface area contributed by atoms with Crippen LogP contribution in [0.25, 0.3) is 0 Å². The first-order valence-corrected chi connectivity index (χ1v) is 8.52. The van der Waals surface area contributed by atoms with Gasteiger partial charge in [0.15, 0.2) is 0 Å². The van der Waals surface area contributed by atoms with E-state index < -0.39 is 0 Å². The maximum Gasteiger partial charge on any atom is 0.133 e. The minimum atomic E-state index is 0.609. The van der Waals surface area contributed by atoms with Crippen LogP contribution in [0.3, 0.4) is 0 Å². The largest absolute Gasteiger partial charge is 0.354 e. The van der Waals surface area contributed by atoms with Crippen LogP contribution in [-0.4, -0.2) is 42.6 Å². The van der Waals surface area contributed by atoms with Gasteiger partial charge in [-0.25, -0.2) is 4.98 Å². The van der Waals surface area contributed by atoms with Gasteiger partial charge in [-0.15, -0.1) is 0 Å². The molecule has 21 heavy (non-hydrogen) atoms. The van der Waals surface area contributed by atoms with Gasteiger partial charge >= 0.3 is 0 Å². The standard InChI is InChI=1S/C17H26N4/c18-11-15-10-14-2-1-3-16(14)19-17(15)21-8-6-20(7-9-21)12-13-4-5-13/h10,13H,1-9,11-12,18H2. The van der Waals surface area contributed by atoms with E-state index in [0.29, 0.717) is 6.54 Å². The first kappa shape index (κ1) is 13.5. The SMILES string of the molecule is NCc1cc2c(nc1N1CCN(CC3CC3)CC1)CCC2. The minimum absolute atomic E-state index is 0.609. The van der Waals surface area contributed by atoms with Gasteiger partial charge in [0.2, 0.25) is 0 Å². The molecule has 1 aliphatic heterocycles. The number of aryl methyl sites for hydroxylation is 2. The van der Waals surface area contributed by atoms with Gasteiger partial charge in [-0.2, -0.15) is 0 Å². The highest BCUT2D eigenvalue weighted by Crippen LogP contribution is 2.31. The van der Waals surface area contributed by atoms with E-state index in [2.05, 4.69) is 15.9 Å². The third-order valence-corrected chi connectivity index (χ3v) is 5.21. The van der Waals surface area contributed by atoms with Crippen molar-refractivity contribution in [3.8, 4) is 0 Å². The normalized spacial score (nSPS) is 22.6. The highest BCUT2D eigenvalue weighted by atomic mass is 15.3. The summed E-state index contributed by atoms with van der Waals surface area (Å²) in [5.41, 5.74) is 9.98. The molecule has 0 bridgehead atoms. The molecule has 1 aromatic rings. The number of anilines is 1. The predicted molar refractivity (Wildman–Crippen MR) is 85.5 cm³/mol. The summed E-state index contributed by atoms with van der Waals surface area (Å²) in [5, 5.41) is 0. The van der Waals surface area contributed by atoms with Crippen molar-refractivity contribution in [2.24, 2.45) is 11.7 Å². The average Bonchev–Trinajstić information content (AvgIpc) is 3.21. The Kier molecular flexibility index (Phi) is 3.59. The third kappa shape index (κ3) is 2.79. The molecule has 0 unspecified atom stereocenters. The second-order valence-electron chi connectivity index (χ2n) is 6.87. The molecule has 0 amide bonds. The Balaban J connectivity index is 1.48. The summed E-state index contributed by atoms with van der Waals surface area (Å²) in [6.45, 7) is 6.49. The fourth-order valence-corrected chi connectivity index (χ4v) is 3.74. The number of pyridine rings is 1. The van der Waals surface area contributed by atoms with Crippen molar-refractivity contribution in [3.05, 3.63) is 22.9 Å². The summed E-state index contributed by atoms with van der Waals surface area (Å²) in [4.78, 5) is 10.1. The molecule has 2 heterocycles. The molecule has 4 nitrogen and oxygen atoms in total. The second kappa shape index (κ2) is 5.58. The predicted octanol–water partition coefficient (Wildman–Crippen LogP) is 1.56. The summed E-state index contributed by atoms with van der Waals surface area (Å²) in [6.07, 6.45) is 6.48. The van der Waals surface area contributed by atoms with Crippen LogP contribution in [0.15, 0.2) is 6.07 Å². The van der Waals surface area contributed by atoms with E-state index in [1.54, 1.807) is 0 Å². The molecule has 1 aromatic heterocycles. The van der Waals surface area contributed by atoms with Crippen molar-refractivity contribution in [2.75, 3.05) is 37.6 Å². The van der Waals surface area contributed by atoms with E-state index in [1.807, 2.05) is 0 Å². The molecule has 0 radical (unpaired) electrons. The third-order valence-electron chi connectivity index (χ3n) is 5.21. The number of rotatable bonds is 4. The summed E-state index contributed by atoms with van der Waals surface area (Å²) < 4.78 is 0. The van der Waals surface area contributed by atoms with Crippen LogP contribution in [0.1, 0.15) is 36.1 Å². The topological polar surface area (TPSA) is 45.4 Å². The van der Waals surface area contributed by atoms with Crippen molar-refractivity contribution < 1.29 is 0 Å². The van der Waals surface area contributed by atoms with Gasteiger partial charge < -0.3 is 10.6 Å². The fraction of sp³-hybridized carbons (Fsp3) is 0.706. The Morgan fingerprint density at radius 3 is 2.67 bits per heavy atom. The summed E-state index contributed by atoms with van der Waals surface area (Å²) >= 11 is 0. The molecule has 0 atom stereocenters. The smallest absolute Gasteiger partial charge is 0.133 e. The average molecular weight is 286 g/mol. The van der Waals surface area contributed by atoms with Gasteiger partial charge in [-0.05, 0) is 49.7 Å². The first-order valence-electron chi connectivity index (χ1n) is 8.52. The van der Waals surface area contributed by atoms with Crippen molar-refractivity contribution in [2.45, 2.75) is 38.6 Å². The van der Waals surface area contributed by atoms with Crippen LogP contribution in [0.4, 0.5) is 5.82 Å². The lowest BCUT2D eigenvalue weighted by Crippen LogP contribution is -2.47. The van der Waals surface area contributed by atoms with Crippen molar-refractivity contribution in [1.82, 2.24) is 9.88 Å². The molecule has 1 saturated carbocycles. The Morgan fingerprint density at radius 2 is 1.95 bits per heavy atom. The number of nitrogens with zero attached hydrogens (tertiary/aromatic N) is 3. The van der Waals surface area contributed by atoms with Crippen LogP contribution in [0.5, 0.6) is 0 Å². The van der Waals surface area contributed by atoms with Crippen molar-refractivity contribution in [1.29, 1.82) is 0 Å². The number of piperazine rings is 1. The molecule has 3 aliphatic rings. The maximum absolute atomic E-state index is 5.98. The molecule has 2 aliphatic carbocycles. The van der Waals surface area contributed by atoms with Crippen molar-refractivity contribution >= 4 is 5.82 Å². The Morgan fingerprint density at radius 1 is 1.14 bits per heavy atom. The summed E-state index contributed by atoms with van der Waals surface area (Å²) in [6, 6.07) is 2.32. The highest BCUT2D eigenvalue weighted by Gasteiger charge is 2.27. The lowest BCUT2D eigenvalue weighted by molar-refractivity contribution is 0.247. The van der Waals surface area contributed by atoms with E-state index in [1.165, 1.54) is 68.0 Å². The van der Waals surface area contributed by atoms with E-state index >= 15 is 0 Å². The van der Waals surface area contributed by atoms with Gasteiger partial charge in [0.05, 0.1) is 0 Å². The van der Waals surface area contributed by atoms with Gasteiger partial charge in [0, 0.05) is 50.5 Å². The molecule has 1 saturated heterocycles. The lowest BCUT2D eigenvalue weighted by Gasteiger charge is -2.36. The zero-order valence-electron chi connectivity index (χ0n) is 12.9. The molecular formula is C17H26N4. The Bertz CT molecular complexity index is 516. The van der Waals surface area contributed by atoms with Gasteiger partial charge in [-0.3, -0.25) is 4.90 Å². The maximum atomic E-state index is 5.98. The number of fused-ring (bicyclic) bond motifs is 1. The quantitative estimate of drug-likeness (QED) is 0.912. The van der Waals surface area contributed by atoms with Crippen molar-refractivity contribution in [3.63, 3.8) is 0 Å². The lowest BCUT2D eigenvalue weighted by atomic mass is 10.1. The molecule has 0 aromatic carbocycles. The number of nitrogens with two attached hydrogens (primary N) is 1. The Hall–Kier alpha value is -1.13. The molecule has 114 valence electrons. The summed E-state index contributed by atoms with van der Waals surface area (Å²) in [7, 11) is 0. The monoisotopic (exact) mass is 286 g/mol. The molecular weight excluding hydrogens is 260 g/mol.